The molecule has 0 saturated heterocycles. The van der Waals surface area contributed by atoms with Crippen LogP contribution in [-0.2, 0) is 19.1 Å². The van der Waals surface area contributed by atoms with Crippen LogP contribution in [-0.4, -0.2) is 36.0 Å². The number of amides is 1. The number of carboxylic acid groups (broad SMARTS) is 1. The van der Waals surface area contributed by atoms with Crippen LogP contribution in [0.15, 0.2) is 11.6 Å². The highest BCUT2D eigenvalue weighted by atomic mass is 16.7. The van der Waals surface area contributed by atoms with Crippen LogP contribution in [0.1, 0.15) is 46.5 Å². The van der Waals surface area contributed by atoms with Crippen molar-refractivity contribution in [3.63, 3.8) is 0 Å². The molecule has 2 aliphatic rings. The van der Waals surface area contributed by atoms with E-state index in [1.165, 1.54) is 12.5 Å². The van der Waals surface area contributed by atoms with E-state index in [1.54, 1.807) is 6.92 Å². The molecule has 4 atom stereocenters. The number of rotatable bonds is 7. The standard InChI is InChI=1S/C17H25NO6/c1-4-15(21)23-11(3)24-16(22)18-9-17(8-14(19)20)7-12-5-10(2)6-13(12)17/h6,11-13H,4-5,7-9H2,1-3H3,(H,18,22)(H,19,20)/t11-,12-,13+,17+/m1/s1. The molecule has 7 nitrogen and oxygen atoms in total. The maximum Gasteiger partial charge on any atom is 0.410 e. The molecule has 0 heterocycles. The Morgan fingerprint density at radius 2 is 2.12 bits per heavy atom. The second-order valence-electron chi connectivity index (χ2n) is 6.81. The van der Waals surface area contributed by atoms with Crippen LogP contribution < -0.4 is 5.32 Å². The second-order valence-corrected chi connectivity index (χ2v) is 6.81. The van der Waals surface area contributed by atoms with Gasteiger partial charge in [0.1, 0.15) is 0 Å². The van der Waals surface area contributed by atoms with Crippen LogP contribution in [0.4, 0.5) is 4.79 Å². The average molecular weight is 339 g/mol. The molecular formula is C17H25NO6. The molecule has 1 fully saturated rings. The highest BCUT2D eigenvalue weighted by Crippen LogP contribution is 2.59. The van der Waals surface area contributed by atoms with Crippen LogP contribution in [0, 0.1) is 17.3 Å². The molecule has 0 unspecified atom stereocenters. The van der Waals surface area contributed by atoms with Gasteiger partial charge in [-0.25, -0.2) is 4.79 Å². The van der Waals surface area contributed by atoms with E-state index in [9.17, 15) is 19.5 Å². The zero-order valence-corrected chi connectivity index (χ0v) is 14.3. The molecule has 2 N–H and O–H groups in total. The lowest BCUT2D eigenvalue weighted by Crippen LogP contribution is -2.53. The number of ether oxygens (including phenoxy) is 2. The number of allylic oxidation sites excluding steroid dienone is 2. The number of carbonyl (C=O) groups is 3. The van der Waals surface area contributed by atoms with E-state index in [2.05, 4.69) is 18.3 Å². The first-order valence-electron chi connectivity index (χ1n) is 8.29. The SMILES string of the molecule is CCC(=O)O[C@@H](C)OC(=O)NC[C@@]1(CC(=O)O)C[C@H]2CC(C)=C[C@@H]21. The van der Waals surface area contributed by atoms with Gasteiger partial charge in [-0.3, -0.25) is 9.59 Å². The summed E-state index contributed by atoms with van der Waals surface area (Å²) < 4.78 is 9.83. The van der Waals surface area contributed by atoms with Crippen LogP contribution in [0.5, 0.6) is 0 Å². The molecule has 134 valence electrons. The first-order chi connectivity index (χ1) is 11.3. The summed E-state index contributed by atoms with van der Waals surface area (Å²) in [5.74, 6) is -0.659. The van der Waals surface area contributed by atoms with Crippen molar-refractivity contribution in [3.05, 3.63) is 11.6 Å². The summed E-state index contributed by atoms with van der Waals surface area (Å²) in [7, 11) is 0. The van der Waals surface area contributed by atoms with Crippen molar-refractivity contribution < 1.29 is 29.0 Å². The van der Waals surface area contributed by atoms with Gasteiger partial charge in [-0.2, -0.15) is 0 Å². The maximum absolute atomic E-state index is 11.9. The van der Waals surface area contributed by atoms with Gasteiger partial charge in [-0.05, 0) is 31.6 Å². The van der Waals surface area contributed by atoms with Crippen LogP contribution in [0.25, 0.3) is 0 Å². The van der Waals surface area contributed by atoms with Crippen molar-refractivity contribution in [3.8, 4) is 0 Å². The quantitative estimate of drug-likeness (QED) is 0.420. The fraction of sp³-hybridized carbons (Fsp3) is 0.706. The summed E-state index contributed by atoms with van der Waals surface area (Å²) in [5, 5.41) is 11.9. The van der Waals surface area contributed by atoms with Gasteiger partial charge in [0.05, 0.1) is 6.42 Å². The van der Waals surface area contributed by atoms with Crippen molar-refractivity contribution in [2.24, 2.45) is 17.3 Å². The van der Waals surface area contributed by atoms with Crippen molar-refractivity contribution in [1.82, 2.24) is 5.32 Å². The molecule has 0 bridgehead atoms. The molecule has 0 spiro atoms. The van der Waals surface area contributed by atoms with Crippen LogP contribution in [0.3, 0.4) is 0 Å². The highest BCUT2D eigenvalue weighted by molar-refractivity contribution is 5.71. The third kappa shape index (κ3) is 4.07. The van der Waals surface area contributed by atoms with Gasteiger partial charge in [-0.15, -0.1) is 0 Å². The second kappa shape index (κ2) is 7.23. The molecule has 0 aromatic rings. The number of hydrogen-bond donors (Lipinski definition) is 2. The van der Waals surface area contributed by atoms with E-state index in [0.29, 0.717) is 5.92 Å². The van der Waals surface area contributed by atoms with E-state index in [1.807, 2.05) is 0 Å². The van der Waals surface area contributed by atoms with Crippen LogP contribution in [0.2, 0.25) is 0 Å². The van der Waals surface area contributed by atoms with Crippen molar-refractivity contribution in [1.29, 1.82) is 0 Å². The minimum Gasteiger partial charge on any atom is -0.481 e. The Bertz CT molecular complexity index is 557. The number of nitrogens with one attached hydrogen (secondary N) is 1. The van der Waals surface area contributed by atoms with Gasteiger partial charge in [0.15, 0.2) is 0 Å². The van der Waals surface area contributed by atoms with E-state index in [0.717, 1.165) is 12.8 Å². The lowest BCUT2D eigenvalue weighted by atomic mass is 9.53. The molecule has 0 aromatic carbocycles. The third-order valence-electron chi connectivity index (χ3n) is 4.88. The molecule has 0 aliphatic heterocycles. The Kier molecular flexibility index (Phi) is 5.51. The average Bonchev–Trinajstić information content (AvgIpc) is 2.79. The molecule has 1 amide bonds. The number of hydrogen-bond acceptors (Lipinski definition) is 5. The van der Waals surface area contributed by atoms with Gasteiger partial charge in [0.25, 0.3) is 0 Å². The van der Waals surface area contributed by atoms with E-state index in [4.69, 9.17) is 9.47 Å². The normalized spacial score (nSPS) is 28.9. The number of carboxylic acids is 1. The van der Waals surface area contributed by atoms with Gasteiger partial charge in [0, 0.05) is 25.3 Å². The van der Waals surface area contributed by atoms with E-state index in [-0.39, 0.29) is 25.3 Å². The molecule has 2 rings (SSSR count). The van der Waals surface area contributed by atoms with Crippen molar-refractivity contribution in [2.75, 3.05) is 6.54 Å². The largest absolute Gasteiger partial charge is 0.481 e. The molecule has 24 heavy (non-hydrogen) atoms. The van der Waals surface area contributed by atoms with Gasteiger partial charge in [0.2, 0.25) is 6.29 Å². The van der Waals surface area contributed by atoms with Crippen LogP contribution >= 0.6 is 0 Å². The Morgan fingerprint density at radius 3 is 2.71 bits per heavy atom. The number of alkyl carbamates (subject to hydrolysis) is 1. The molecule has 7 heteroatoms. The van der Waals surface area contributed by atoms with Crippen molar-refractivity contribution >= 4 is 18.0 Å². The number of fused-ring (bicyclic) bond motifs is 1. The monoisotopic (exact) mass is 339 g/mol. The predicted molar refractivity (Wildman–Crippen MR) is 85.0 cm³/mol. The van der Waals surface area contributed by atoms with Gasteiger partial charge < -0.3 is 19.9 Å². The first-order valence-corrected chi connectivity index (χ1v) is 8.29. The predicted octanol–water partition coefficient (Wildman–Crippen LogP) is 2.46. The lowest BCUT2D eigenvalue weighted by Gasteiger charge is -2.51. The Morgan fingerprint density at radius 1 is 1.42 bits per heavy atom. The Hall–Kier alpha value is -2.05. The van der Waals surface area contributed by atoms with E-state index >= 15 is 0 Å². The molecule has 1 saturated carbocycles. The molecule has 0 radical (unpaired) electrons. The summed E-state index contributed by atoms with van der Waals surface area (Å²) in [6.45, 7) is 5.39. The fourth-order valence-corrected chi connectivity index (χ4v) is 3.90. The first kappa shape index (κ1) is 18.3. The lowest BCUT2D eigenvalue weighted by molar-refractivity contribution is -0.164. The number of carbonyl (C=O) groups excluding carboxylic acids is 2. The zero-order valence-electron chi connectivity index (χ0n) is 14.3. The highest BCUT2D eigenvalue weighted by Gasteiger charge is 2.55. The number of aliphatic carboxylic acids is 1. The third-order valence-corrected chi connectivity index (χ3v) is 4.88. The fourth-order valence-electron chi connectivity index (χ4n) is 3.90. The van der Waals surface area contributed by atoms with E-state index < -0.39 is 29.7 Å². The Balaban J connectivity index is 1.89. The maximum atomic E-state index is 11.9. The zero-order chi connectivity index (χ0) is 17.9. The summed E-state index contributed by atoms with van der Waals surface area (Å²) in [4.78, 5) is 34.2. The van der Waals surface area contributed by atoms with Gasteiger partial charge >= 0.3 is 18.0 Å². The minimum absolute atomic E-state index is 0.0125. The Labute approximate surface area is 141 Å². The molecule has 2 aliphatic carbocycles. The number of esters is 1. The molecule has 0 aromatic heterocycles. The summed E-state index contributed by atoms with van der Waals surface area (Å²) in [5.41, 5.74) is 0.816. The summed E-state index contributed by atoms with van der Waals surface area (Å²) in [6, 6.07) is 0. The van der Waals surface area contributed by atoms with Crippen molar-refractivity contribution in [2.45, 2.75) is 52.7 Å². The summed E-state index contributed by atoms with van der Waals surface area (Å²) >= 11 is 0. The summed E-state index contributed by atoms with van der Waals surface area (Å²) in [6.07, 6.45) is 2.44. The minimum atomic E-state index is -0.976. The topological polar surface area (TPSA) is 102 Å². The van der Waals surface area contributed by atoms with Gasteiger partial charge in [-0.1, -0.05) is 18.6 Å². The smallest absolute Gasteiger partial charge is 0.410 e. The molecular weight excluding hydrogens is 314 g/mol.